The molecule has 0 saturated carbocycles. The highest BCUT2D eigenvalue weighted by atomic mass is 32.2. The highest BCUT2D eigenvalue weighted by Gasteiger charge is 2.16. The Morgan fingerprint density at radius 2 is 1.68 bits per heavy atom. The Morgan fingerprint density at radius 3 is 2.29 bits per heavy atom. The van der Waals surface area contributed by atoms with Crippen molar-refractivity contribution < 1.29 is 22.0 Å². The minimum Gasteiger partial charge on any atom is -0.370 e. The van der Waals surface area contributed by atoms with Gasteiger partial charge in [-0.05, 0) is 48.4 Å². The third-order valence-corrected chi connectivity index (χ3v) is 5.58. The highest BCUT2D eigenvalue weighted by Crippen LogP contribution is 2.19. The summed E-state index contributed by atoms with van der Waals surface area (Å²) in [5.74, 6) is -1.86. The lowest BCUT2D eigenvalue weighted by molar-refractivity contribution is -0.114. The van der Waals surface area contributed by atoms with Crippen molar-refractivity contribution in [3.8, 4) is 0 Å². The number of nitrogens with one attached hydrogen (secondary N) is 3. The molecule has 10 heteroatoms. The summed E-state index contributed by atoms with van der Waals surface area (Å²) < 4.78 is 53.2. The van der Waals surface area contributed by atoms with Gasteiger partial charge in [0.15, 0.2) is 11.6 Å². The van der Waals surface area contributed by atoms with E-state index in [1.165, 1.54) is 25.3 Å². The van der Waals surface area contributed by atoms with E-state index in [1.54, 1.807) is 0 Å². The number of carbonyl (C=O) groups excluding carboxylic acids is 1. The lowest BCUT2D eigenvalue weighted by Crippen LogP contribution is -2.14. The zero-order valence-corrected chi connectivity index (χ0v) is 17.3. The van der Waals surface area contributed by atoms with Gasteiger partial charge in [-0.2, -0.15) is 0 Å². The predicted octanol–water partition coefficient (Wildman–Crippen LogP) is 3.77. The van der Waals surface area contributed by atoms with Gasteiger partial charge >= 0.3 is 0 Å². The third-order valence-electron chi connectivity index (χ3n) is 4.21. The zero-order chi connectivity index (χ0) is 22.4. The number of benzene rings is 2. The molecule has 0 aliphatic rings. The van der Waals surface area contributed by atoms with Crippen LogP contribution in [0.2, 0.25) is 0 Å². The molecule has 2 aromatic carbocycles. The largest absolute Gasteiger partial charge is 0.370 e. The fourth-order valence-corrected chi connectivity index (χ4v) is 3.70. The Kier molecular flexibility index (Phi) is 6.81. The van der Waals surface area contributed by atoms with Crippen molar-refractivity contribution in [2.75, 3.05) is 21.9 Å². The molecule has 3 N–H and O–H groups in total. The van der Waals surface area contributed by atoms with Gasteiger partial charge in [-0.3, -0.25) is 9.52 Å². The number of amides is 1. The zero-order valence-electron chi connectivity index (χ0n) is 16.5. The number of aromatic nitrogens is 1. The van der Waals surface area contributed by atoms with E-state index >= 15 is 0 Å². The molecule has 0 atom stereocenters. The Balaban J connectivity index is 1.55. The Hall–Kier alpha value is -3.53. The minimum absolute atomic E-state index is 0.0920. The Morgan fingerprint density at radius 1 is 0.968 bits per heavy atom. The van der Waals surface area contributed by atoms with Crippen LogP contribution in [0.15, 0.2) is 65.7 Å². The fourth-order valence-electron chi connectivity index (χ4n) is 2.71. The van der Waals surface area contributed by atoms with E-state index in [2.05, 4.69) is 20.3 Å². The molecule has 3 aromatic rings. The van der Waals surface area contributed by atoms with Crippen molar-refractivity contribution in [3.63, 3.8) is 0 Å². The topological polar surface area (TPSA) is 100 Å². The van der Waals surface area contributed by atoms with E-state index in [0.717, 1.165) is 29.4 Å². The number of halogens is 2. The molecule has 1 aromatic heterocycles. The minimum atomic E-state index is -4.00. The summed E-state index contributed by atoms with van der Waals surface area (Å²) in [5.41, 5.74) is 1.68. The van der Waals surface area contributed by atoms with Crippen molar-refractivity contribution in [3.05, 3.63) is 78.0 Å². The van der Waals surface area contributed by atoms with Crippen molar-refractivity contribution in [2.24, 2.45) is 0 Å². The number of hydrogen-bond donors (Lipinski definition) is 3. The molecule has 0 unspecified atom stereocenters. The lowest BCUT2D eigenvalue weighted by atomic mass is 10.1. The standard InChI is InChI=1S/C21H20F2N4O3S/c1-14(28)26-16-4-2-15(3-5-16)10-11-24-21-9-7-18(13-25-21)31(29,30)27-17-6-8-19(22)20(23)12-17/h2-9,12-13,27H,10-11H2,1H3,(H,24,25)(H,26,28). The number of carbonyl (C=O) groups is 1. The molecular weight excluding hydrogens is 426 g/mol. The molecule has 0 saturated heterocycles. The van der Waals surface area contributed by atoms with Crippen LogP contribution in [-0.2, 0) is 21.2 Å². The van der Waals surface area contributed by atoms with E-state index in [0.29, 0.717) is 18.8 Å². The molecule has 0 radical (unpaired) electrons. The van der Waals surface area contributed by atoms with E-state index in [9.17, 15) is 22.0 Å². The number of hydrogen-bond acceptors (Lipinski definition) is 5. The van der Waals surface area contributed by atoms with Crippen molar-refractivity contribution in [2.45, 2.75) is 18.2 Å². The summed E-state index contributed by atoms with van der Waals surface area (Å²) in [7, 11) is -4.00. The van der Waals surface area contributed by atoms with Gasteiger partial charge < -0.3 is 10.6 Å². The second-order valence-electron chi connectivity index (χ2n) is 6.67. The summed E-state index contributed by atoms with van der Waals surface area (Å²) in [5, 5.41) is 5.79. The number of nitrogens with zero attached hydrogens (tertiary/aromatic N) is 1. The molecule has 7 nitrogen and oxygen atoms in total. The van der Waals surface area contributed by atoms with Crippen molar-refractivity contribution in [1.82, 2.24) is 4.98 Å². The maximum Gasteiger partial charge on any atom is 0.263 e. The first-order valence-electron chi connectivity index (χ1n) is 9.27. The summed E-state index contributed by atoms with van der Waals surface area (Å²) >= 11 is 0. The lowest BCUT2D eigenvalue weighted by Gasteiger charge is -2.10. The number of sulfonamides is 1. The summed E-state index contributed by atoms with van der Waals surface area (Å²) in [6.45, 7) is 2.01. The SMILES string of the molecule is CC(=O)Nc1ccc(CCNc2ccc(S(=O)(=O)Nc3ccc(F)c(F)c3)cn2)cc1. The van der Waals surface area contributed by atoms with Gasteiger partial charge in [-0.15, -0.1) is 0 Å². The van der Waals surface area contributed by atoms with Crippen LogP contribution >= 0.6 is 0 Å². The van der Waals surface area contributed by atoms with E-state index in [4.69, 9.17) is 0 Å². The predicted molar refractivity (Wildman–Crippen MR) is 114 cm³/mol. The van der Waals surface area contributed by atoms with Crippen molar-refractivity contribution >= 4 is 33.1 Å². The average molecular weight is 446 g/mol. The first-order valence-corrected chi connectivity index (χ1v) is 10.8. The van der Waals surface area contributed by atoms with Crippen LogP contribution in [0.25, 0.3) is 0 Å². The molecule has 31 heavy (non-hydrogen) atoms. The molecule has 1 heterocycles. The summed E-state index contributed by atoms with van der Waals surface area (Å²) in [4.78, 5) is 15.0. The molecule has 0 aliphatic heterocycles. The van der Waals surface area contributed by atoms with Crippen molar-refractivity contribution in [1.29, 1.82) is 0 Å². The number of anilines is 3. The smallest absolute Gasteiger partial charge is 0.263 e. The molecule has 0 fully saturated rings. The second kappa shape index (κ2) is 9.52. The van der Waals surface area contributed by atoms with Gasteiger partial charge in [-0.1, -0.05) is 12.1 Å². The summed E-state index contributed by atoms with van der Waals surface area (Å²) in [6.07, 6.45) is 1.87. The third kappa shape index (κ3) is 6.22. The maximum absolute atomic E-state index is 13.3. The van der Waals surface area contributed by atoms with Crippen LogP contribution in [0.1, 0.15) is 12.5 Å². The van der Waals surface area contributed by atoms with Crippen LogP contribution in [0.5, 0.6) is 0 Å². The quantitative estimate of drug-likeness (QED) is 0.489. The van der Waals surface area contributed by atoms with E-state index in [-0.39, 0.29) is 16.5 Å². The molecular formula is C21H20F2N4O3S. The first-order chi connectivity index (χ1) is 14.7. The molecule has 0 aliphatic carbocycles. The van der Waals surface area contributed by atoms with Gasteiger partial charge in [-0.25, -0.2) is 22.2 Å². The van der Waals surface area contributed by atoms with Gasteiger partial charge in [0, 0.05) is 31.4 Å². The molecule has 1 amide bonds. The second-order valence-corrected chi connectivity index (χ2v) is 8.35. The van der Waals surface area contributed by atoms with E-state index < -0.39 is 21.7 Å². The number of pyridine rings is 1. The maximum atomic E-state index is 13.3. The van der Waals surface area contributed by atoms with Crippen LogP contribution in [0.3, 0.4) is 0 Å². The van der Waals surface area contributed by atoms with Gasteiger partial charge in [0.1, 0.15) is 10.7 Å². The average Bonchev–Trinajstić information content (AvgIpc) is 2.72. The highest BCUT2D eigenvalue weighted by molar-refractivity contribution is 7.92. The summed E-state index contributed by atoms with van der Waals surface area (Å²) in [6, 6.07) is 13.0. The van der Waals surface area contributed by atoms with E-state index in [1.807, 2.05) is 24.3 Å². The van der Waals surface area contributed by atoms with Crippen LogP contribution < -0.4 is 15.4 Å². The Bertz CT molecular complexity index is 1170. The molecule has 162 valence electrons. The van der Waals surface area contributed by atoms with Crippen LogP contribution in [-0.4, -0.2) is 25.9 Å². The van der Waals surface area contributed by atoms with Gasteiger partial charge in [0.25, 0.3) is 10.0 Å². The number of rotatable bonds is 8. The van der Waals surface area contributed by atoms with Crippen LogP contribution in [0.4, 0.5) is 26.0 Å². The molecule has 3 rings (SSSR count). The van der Waals surface area contributed by atoms with Gasteiger partial charge in [0.05, 0.1) is 5.69 Å². The Labute approximate surface area is 178 Å². The van der Waals surface area contributed by atoms with Crippen LogP contribution in [0, 0.1) is 11.6 Å². The molecule has 0 spiro atoms. The fraction of sp³-hybridized carbons (Fsp3) is 0.143. The molecule has 0 bridgehead atoms. The normalized spacial score (nSPS) is 11.1. The monoisotopic (exact) mass is 446 g/mol. The first kappa shape index (κ1) is 22.2. The van der Waals surface area contributed by atoms with Gasteiger partial charge in [0.2, 0.25) is 5.91 Å².